The number of thiazole rings is 1. The minimum Gasteiger partial charge on any atom is -0.497 e. The van der Waals surface area contributed by atoms with Gasteiger partial charge in [-0.1, -0.05) is 11.3 Å². The smallest absolute Gasteiger partial charge is 0.418 e. The molecule has 0 spiro atoms. The molecule has 0 saturated carbocycles. The molecule has 2 aromatic carbocycles. The van der Waals surface area contributed by atoms with Gasteiger partial charge in [0, 0.05) is 25.2 Å². The molecule has 4 aromatic rings. The molecule has 0 unspecified atom stereocenters. The van der Waals surface area contributed by atoms with Crippen LogP contribution in [0.15, 0.2) is 54.6 Å². The van der Waals surface area contributed by atoms with Gasteiger partial charge in [-0.15, -0.1) is 0 Å². The summed E-state index contributed by atoms with van der Waals surface area (Å²) in [4.78, 5) is 33.2. The summed E-state index contributed by atoms with van der Waals surface area (Å²) in [5.41, 5.74) is 0.741. The lowest BCUT2D eigenvalue weighted by Crippen LogP contribution is -2.16. The number of nitrogens with zero attached hydrogens (tertiary/aromatic N) is 4. The monoisotopic (exact) mass is 469 g/mol. The number of nitrogens with one attached hydrogen (secondary N) is 1. The van der Waals surface area contributed by atoms with E-state index < -0.39 is 16.8 Å². The molecule has 12 heteroatoms. The average molecular weight is 469 g/mol. The molecule has 1 amide bonds. The van der Waals surface area contributed by atoms with Crippen molar-refractivity contribution >= 4 is 50.1 Å². The molecule has 0 aliphatic heterocycles. The SMILES string of the molecule is COc1ccc(N(C)c2ccc3nc(NC(=O)Oc4ccc([N+](=O)[O-])cc4)sc3n2)c(F)c1. The zero-order valence-electron chi connectivity index (χ0n) is 17.3. The Morgan fingerprint density at radius 3 is 2.52 bits per heavy atom. The van der Waals surface area contributed by atoms with Crippen LogP contribution in [0.1, 0.15) is 0 Å². The van der Waals surface area contributed by atoms with Crippen molar-refractivity contribution < 1.29 is 23.6 Å². The summed E-state index contributed by atoms with van der Waals surface area (Å²) in [6.07, 6.45) is -0.805. The Hall–Kier alpha value is -4.32. The lowest BCUT2D eigenvalue weighted by molar-refractivity contribution is -0.384. The second-order valence-corrected chi connectivity index (χ2v) is 7.63. The minimum atomic E-state index is -0.805. The van der Waals surface area contributed by atoms with Gasteiger partial charge in [0.15, 0.2) is 10.9 Å². The van der Waals surface area contributed by atoms with Crippen molar-refractivity contribution in [3.63, 3.8) is 0 Å². The van der Waals surface area contributed by atoms with Crippen LogP contribution >= 0.6 is 11.3 Å². The molecule has 0 aliphatic rings. The van der Waals surface area contributed by atoms with Gasteiger partial charge < -0.3 is 14.4 Å². The number of nitro groups is 1. The van der Waals surface area contributed by atoms with Crippen LogP contribution in [0.2, 0.25) is 0 Å². The van der Waals surface area contributed by atoms with Crippen LogP contribution in [0.5, 0.6) is 11.5 Å². The maximum absolute atomic E-state index is 14.4. The number of ether oxygens (including phenoxy) is 2. The van der Waals surface area contributed by atoms with E-state index in [-0.39, 0.29) is 16.6 Å². The fraction of sp³-hybridized carbons (Fsp3) is 0.0952. The van der Waals surface area contributed by atoms with E-state index in [1.54, 1.807) is 36.2 Å². The van der Waals surface area contributed by atoms with Gasteiger partial charge >= 0.3 is 6.09 Å². The number of methoxy groups -OCH3 is 1. The predicted molar refractivity (Wildman–Crippen MR) is 121 cm³/mol. The number of halogens is 1. The molecular weight excluding hydrogens is 453 g/mol. The van der Waals surface area contributed by atoms with Crippen molar-refractivity contribution in [1.82, 2.24) is 9.97 Å². The highest BCUT2D eigenvalue weighted by Gasteiger charge is 2.15. The molecule has 0 fully saturated rings. The number of benzene rings is 2. The number of hydrogen-bond acceptors (Lipinski definition) is 9. The number of hydrogen-bond donors (Lipinski definition) is 1. The lowest BCUT2D eigenvalue weighted by Gasteiger charge is -2.19. The standard InChI is InChI=1S/C21H16FN5O5S/c1-26(17-9-7-14(31-2)11-15(17)22)18-10-8-16-19(24-18)33-20(23-16)25-21(28)32-13-5-3-12(4-6-13)27(29)30/h3-11H,1-2H3,(H,23,25,28). The van der Waals surface area contributed by atoms with Gasteiger partial charge in [0.25, 0.3) is 5.69 Å². The molecule has 0 saturated heterocycles. The highest BCUT2D eigenvalue weighted by Crippen LogP contribution is 2.31. The molecule has 2 aromatic heterocycles. The number of pyridine rings is 1. The molecule has 168 valence electrons. The van der Waals surface area contributed by atoms with E-state index in [0.717, 1.165) is 11.3 Å². The van der Waals surface area contributed by atoms with Crippen molar-refractivity contribution in [2.45, 2.75) is 0 Å². The van der Waals surface area contributed by atoms with E-state index in [4.69, 9.17) is 9.47 Å². The van der Waals surface area contributed by atoms with Crippen molar-refractivity contribution in [1.29, 1.82) is 0 Å². The zero-order chi connectivity index (χ0) is 23.5. The molecule has 4 rings (SSSR count). The van der Waals surface area contributed by atoms with Crippen LogP contribution in [0.25, 0.3) is 10.3 Å². The molecule has 10 nitrogen and oxygen atoms in total. The minimum absolute atomic E-state index is 0.115. The van der Waals surface area contributed by atoms with Crippen LogP contribution in [-0.4, -0.2) is 35.1 Å². The number of nitro benzene ring substituents is 1. The first-order valence-electron chi connectivity index (χ1n) is 9.42. The topological polar surface area (TPSA) is 120 Å². The van der Waals surface area contributed by atoms with E-state index in [1.165, 1.54) is 37.4 Å². The number of aromatic nitrogens is 2. The second kappa shape index (κ2) is 9.04. The van der Waals surface area contributed by atoms with Gasteiger partial charge in [-0.3, -0.25) is 15.4 Å². The molecule has 0 aliphatic carbocycles. The van der Waals surface area contributed by atoms with E-state index in [1.807, 2.05) is 0 Å². The highest BCUT2D eigenvalue weighted by molar-refractivity contribution is 7.21. The predicted octanol–water partition coefficient (Wildman–Crippen LogP) is 5.13. The van der Waals surface area contributed by atoms with Crippen LogP contribution in [0, 0.1) is 15.9 Å². The van der Waals surface area contributed by atoms with Crippen LogP contribution in [0.3, 0.4) is 0 Å². The Morgan fingerprint density at radius 2 is 1.85 bits per heavy atom. The summed E-state index contributed by atoms with van der Waals surface area (Å²) >= 11 is 1.12. The first-order valence-corrected chi connectivity index (χ1v) is 10.2. The van der Waals surface area contributed by atoms with Gasteiger partial charge in [-0.25, -0.2) is 19.2 Å². The van der Waals surface area contributed by atoms with Gasteiger partial charge in [0.05, 0.1) is 17.7 Å². The second-order valence-electron chi connectivity index (χ2n) is 6.65. The lowest BCUT2D eigenvalue weighted by atomic mass is 10.2. The van der Waals surface area contributed by atoms with Crippen LogP contribution in [-0.2, 0) is 0 Å². The number of fused-ring (bicyclic) bond motifs is 1. The fourth-order valence-corrected chi connectivity index (χ4v) is 3.73. The van der Waals surface area contributed by atoms with E-state index in [0.29, 0.717) is 27.6 Å². The summed E-state index contributed by atoms with van der Waals surface area (Å²) in [5, 5.41) is 13.5. The average Bonchev–Trinajstić information content (AvgIpc) is 3.20. The maximum atomic E-state index is 14.4. The van der Waals surface area contributed by atoms with Crippen molar-refractivity contribution in [3.05, 3.63) is 70.5 Å². The van der Waals surface area contributed by atoms with Crippen LogP contribution in [0.4, 0.5) is 31.5 Å². The molecule has 33 heavy (non-hydrogen) atoms. The quantitative estimate of drug-likeness (QED) is 0.305. The molecule has 0 bridgehead atoms. The molecule has 0 radical (unpaired) electrons. The summed E-state index contributed by atoms with van der Waals surface area (Å²) in [7, 11) is 3.14. The normalized spacial score (nSPS) is 10.6. The Labute approximate surface area is 190 Å². The summed E-state index contributed by atoms with van der Waals surface area (Å²) < 4.78 is 24.6. The first-order chi connectivity index (χ1) is 15.8. The van der Waals surface area contributed by atoms with E-state index in [9.17, 15) is 19.3 Å². The van der Waals surface area contributed by atoms with E-state index >= 15 is 0 Å². The third-order valence-corrected chi connectivity index (χ3v) is 5.45. The Morgan fingerprint density at radius 1 is 1.12 bits per heavy atom. The maximum Gasteiger partial charge on any atom is 0.418 e. The van der Waals surface area contributed by atoms with Crippen molar-refractivity contribution in [2.24, 2.45) is 0 Å². The van der Waals surface area contributed by atoms with Crippen LogP contribution < -0.4 is 19.7 Å². The highest BCUT2D eigenvalue weighted by atomic mass is 32.1. The number of amides is 1. The number of rotatable bonds is 6. The third kappa shape index (κ3) is 4.80. The summed E-state index contributed by atoms with van der Waals surface area (Å²) in [6, 6.07) is 13.0. The number of anilines is 3. The largest absolute Gasteiger partial charge is 0.497 e. The summed E-state index contributed by atoms with van der Waals surface area (Å²) in [6.45, 7) is 0. The molecule has 0 atom stereocenters. The Bertz CT molecular complexity index is 1340. The van der Waals surface area contributed by atoms with Gasteiger partial charge in [0.1, 0.15) is 27.7 Å². The summed E-state index contributed by atoms with van der Waals surface area (Å²) in [5.74, 6) is 0.573. The van der Waals surface area contributed by atoms with Crippen molar-refractivity contribution in [3.8, 4) is 11.5 Å². The number of non-ortho nitro benzene ring substituents is 1. The van der Waals surface area contributed by atoms with Gasteiger partial charge in [-0.05, 0) is 36.4 Å². The van der Waals surface area contributed by atoms with Gasteiger partial charge in [0.2, 0.25) is 0 Å². The molecule has 1 N–H and O–H groups in total. The van der Waals surface area contributed by atoms with E-state index in [2.05, 4.69) is 15.3 Å². The third-order valence-electron chi connectivity index (χ3n) is 4.57. The Kier molecular flexibility index (Phi) is 6.00. The van der Waals surface area contributed by atoms with Gasteiger partial charge in [-0.2, -0.15) is 0 Å². The van der Waals surface area contributed by atoms with Crippen molar-refractivity contribution in [2.75, 3.05) is 24.4 Å². The molecule has 2 heterocycles. The first kappa shape index (κ1) is 21.9. The number of carbonyl (C=O) groups is 1. The molecular formula is C21H16FN5O5S. The number of carbonyl (C=O) groups excluding carboxylic acids is 1. The fourth-order valence-electron chi connectivity index (χ4n) is 2.91. The Balaban J connectivity index is 1.48. The zero-order valence-corrected chi connectivity index (χ0v) is 18.1.